The SMILES string of the molecule is COC(=O)C[C@@H](CC(=O)c1ccc2ccccc2c1)c1ccccc1. The maximum atomic E-state index is 12.8. The molecule has 3 heteroatoms. The van der Waals surface area contributed by atoms with Gasteiger partial charge in [-0.2, -0.15) is 0 Å². The lowest BCUT2D eigenvalue weighted by atomic mass is 9.88. The summed E-state index contributed by atoms with van der Waals surface area (Å²) in [4.78, 5) is 24.5. The second-order valence-electron chi connectivity index (χ2n) is 6.08. The van der Waals surface area contributed by atoms with Gasteiger partial charge < -0.3 is 4.74 Å². The van der Waals surface area contributed by atoms with E-state index in [2.05, 4.69) is 0 Å². The maximum absolute atomic E-state index is 12.8. The highest BCUT2D eigenvalue weighted by atomic mass is 16.5. The quantitative estimate of drug-likeness (QED) is 0.483. The fourth-order valence-corrected chi connectivity index (χ4v) is 3.02. The van der Waals surface area contributed by atoms with Crippen LogP contribution >= 0.6 is 0 Å². The van der Waals surface area contributed by atoms with Crippen molar-refractivity contribution >= 4 is 22.5 Å². The van der Waals surface area contributed by atoms with Crippen LogP contribution in [0.15, 0.2) is 72.8 Å². The molecule has 3 aromatic rings. The summed E-state index contributed by atoms with van der Waals surface area (Å²) in [5.41, 5.74) is 1.64. The molecule has 0 spiro atoms. The lowest BCUT2D eigenvalue weighted by Gasteiger charge is -2.16. The van der Waals surface area contributed by atoms with E-state index in [0.29, 0.717) is 5.56 Å². The average molecular weight is 332 g/mol. The van der Waals surface area contributed by atoms with Crippen LogP contribution in [0.3, 0.4) is 0 Å². The van der Waals surface area contributed by atoms with Crippen molar-refractivity contribution in [2.45, 2.75) is 18.8 Å². The van der Waals surface area contributed by atoms with E-state index in [1.54, 1.807) is 0 Å². The molecule has 3 nitrogen and oxygen atoms in total. The number of benzene rings is 3. The van der Waals surface area contributed by atoms with Gasteiger partial charge in [-0.15, -0.1) is 0 Å². The molecule has 0 heterocycles. The van der Waals surface area contributed by atoms with Crippen LogP contribution in [-0.2, 0) is 9.53 Å². The van der Waals surface area contributed by atoms with Crippen molar-refractivity contribution < 1.29 is 14.3 Å². The zero-order valence-electron chi connectivity index (χ0n) is 14.1. The van der Waals surface area contributed by atoms with Gasteiger partial charge in [0.2, 0.25) is 0 Å². The first-order valence-electron chi connectivity index (χ1n) is 8.31. The van der Waals surface area contributed by atoms with E-state index in [0.717, 1.165) is 16.3 Å². The van der Waals surface area contributed by atoms with Gasteiger partial charge in [-0.1, -0.05) is 66.7 Å². The average Bonchev–Trinajstić information content (AvgIpc) is 2.67. The first-order chi connectivity index (χ1) is 12.2. The zero-order valence-corrected chi connectivity index (χ0v) is 14.1. The molecule has 0 amide bonds. The standard InChI is InChI=1S/C22H20O3/c1-25-22(24)15-20(16-7-3-2-4-8-16)14-21(23)19-12-11-17-9-5-6-10-18(17)13-19/h2-13,20H,14-15H2,1H3/t20-/m1/s1. The molecule has 0 aliphatic rings. The molecule has 126 valence electrons. The third-order valence-electron chi connectivity index (χ3n) is 4.41. The number of hydrogen-bond acceptors (Lipinski definition) is 3. The molecule has 0 radical (unpaired) electrons. The Labute approximate surface area is 147 Å². The molecular weight excluding hydrogens is 312 g/mol. The molecule has 0 aliphatic carbocycles. The van der Waals surface area contributed by atoms with Crippen molar-refractivity contribution in [2.24, 2.45) is 0 Å². The van der Waals surface area contributed by atoms with Crippen LogP contribution in [0.5, 0.6) is 0 Å². The Kier molecular flexibility index (Phi) is 5.24. The van der Waals surface area contributed by atoms with Crippen molar-refractivity contribution in [1.29, 1.82) is 0 Å². The van der Waals surface area contributed by atoms with E-state index in [9.17, 15) is 9.59 Å². The normalized spacial score (nSPS) is 11.9. The number of esters is 1. The molecule has 3 aromatic carbocycles. The number of carbonyl (C=O) groups is 2. The highest BCUT2D eigenvalue weighted by molar-refractivity contribution is 6.00. The van der Waals surface area contributed by atoms with Crippen molar-refractivity contribution in [3.63, 3.8) is 0 Å². The summed E-state index contributed by atoms with van der Waals surface area (Å²) in [6.45, 7) is 0. The highest BCUT2D eigenvalue weighted by Gasteiger charge is 2.21. The number of ether oxygens (including phenoxy) is 1. The second-order valence-corrected chi connectivity index (χ2v) is 6.08. The van der Waals surface area contributed by atoms with Gasteiger partial charge in [0, 0.05) is 17.9 Å². The van der Waals surface area contributed by atoms with Gasteiger partial charge in [-0.05, 0) is 22.4 Å². The Bertz CT molecular complexity index is 884. The zero-order chi connectivity index (χ0) is 17.6. The number of hydrogen-bond donors (Lipinski definition) is 0. The number of rotatable bonds is 6. The van der Waals surface area contributed by atoms with E-state index in [1.165, 1.54) is 7.11 Å². The molecule has 0 bridgehead atoms. The van der Waals surface area contributed by atoms with Crippen molar-refractivity contribution in [3.8, 4) is 0 Å². The number of fused-ring (bicyclic) bond motifs is 1. The smallest absolute Gasteiger partial charge is 0.306 e. The summed E-state index contributed by atoms with van der Waals surface area (Å²) < 4.78 is 4.80. The van der Waals surface area contributed by atoms with Gasteiger partial charge in [-0.25, -0.2) is 0 Å². The maximum Gasteiger partial charge on any atom is 0.306 e. The minimum atomic E-state index is -0.305. The Morgan fingerprint density at radius 1 is 0.840 bits per heavy atom. The molecule has 0 fully saturated rings. The molecule has 0 saturated carbocycles. The first kappa shape index (κ1) is 16.9. The molecule has 0 saturated heterocycles. The topological polar surface area (TPSA) is 43.4 Å². The van der Waals surface area contributed by atoms with E-state index < -0.39 is 0 Å². The molecule has 0 N–H and O–H groups in total. The van der Waals surface area contributed by atoms with Crippen LogP contribution < -0.4 is 0 Å². The molecule has 0 unspecified atom stereocenters. The number of carbonyl (C=O) groups excluding carboxylic acids is 2. The Morgan fingerprint density at radius 2 is 1.52 bits per heavy atom. The summed E-state index contributed by atoms with van der Waals surface area (Å²) in [5.74, 6) is -0.462. The van der Waals surface area contributed by atoms with Gasteiger partial charge >= 0.3 is 5.97 Å². The van der Waals surface area contributed by atoms with Crippen molar-refractivity contribution in [3.05, 3.63) is 83.9 Å². The van der Waals surface area contributed by atoms with Crippen LogP contribution in [0.2, 0.25) is 0 Å². The Hall–Kier alpha value is -2.94. The molecule has 0 aliphatic heterocycles. The van der Waals surface area contributed by atoms with Crippen LogP contribution in [-0.4, -0.2) is 18.9 Å². The summed E-state index contributed by atoms with van der Waals surface area (Å²) in [5, 5.41) is 2.14. The first-order valence-corrected chi connectivity index (χ1v) is 8.31. The minimum Gasteiger partial charge on any atom is -0.469 e. The van der Waals surface area contributed by atoms with E-state index in [1.807, 2.05) is 72.8 Å². The summed E-state index contributed by atoms with van der Waals surface area (Å²) in [6, 6.07) is 23.3. The third-order valence-corrected chi connectivity index (χ3v) is 4.41. The second kappa shape index (κ2) is 7.75. The lowest BCUT2D eigenvalue weighted by molar-refractivity contribution is -0.141. The summed E-state index contributed by atoms with van der Waals surface area (Å²) in [6.07, 6.45) is 0.470. The monoisotopic (exact) mass is 332 g/mol. The summed E-state index contributed by atoms with van der Waals surface area (Å²) in [7, 11) is 1.37. The molecule has 1 atom stereocenters. The lowest BCUT2D eigenvalue weighted by Crippen LogP contribution is -2.13. The number of methoxy groups -OCH3 is 1. The number of ketones is 1. The van der Waals surface area contributed by atoms with E-state index in [4.69, 9.17) is 4.74 Å². The van der Waals surface area contributed by atoms with E-state index in [-0.39, 0.29) is 30.5 Å². The minimum absolute atomic E-state index is 0.0310. The fraction of sp³-hybridized carbons (Fsp3) is 0.182. The van der Waals surface area contributed by atoms with Crippen LogP contribution in [0.25, 0.3) is 10.8 Å². The van der Waals surface area contributed by atoms with Crippen LogP contribution in [0.4, 0.5) is 0 Å². The molecule has 25 heavy (non-hydrogen) atoms. The van der Waals surface area contributed by atoms with Crippen molar-refractivity contribution in [2.75, 3.05) is 7.11 Å². The third kappa shape index (κ3) is 4.13. The van der Waals surface area contributed by atoms with Gasteiger partial charge in [0.15, 0.2) is 5.78 Å². The molecule has 3 rings (SSSR count). The predicted molar refractivity (Wildman–Crippen MR) is 98.7 cm³/mol. The summed E-state index contributed by atoms with van der Waals surface area (Å²) >= 11 is 0. The van der Waals surface area contributed by atoms with Gasteiger partial charge in [0.1, 0.15) is 0 Å². The Balaban J connectivity index is 1.84. The predicted octanol–water partition coefficient (Wildman–Crippen LogP) is 4.76. The molecule has 0 aromatic heterocycles. The van der Waals surface area contributed by atoms with Crippen LogP contribution in [0.1, 0.15) is 34.7 Å². The van der Waals surface area contributed by atoms with Gasteiger partial charge in [0.25, 0.3) is 0 Å². The van der Waals surface area contributed by atoms with Gasteiger partial charge in [0.05, 0.1) is 13.5 Å². The largest absolute Gasteiger partial charge is 0.469 e. The fourth-order valence-electron chi connectivity index (χ4n) is 3.02. The number of Topliss-reactive ketones (excluding diaryl/α,β-unsaturated/α-hetero) is 1. The van der Waals surface area contributed by atoms with Crippen molar-refractivity contribution in [1.82, 2.24) is 0 Å². The Morgan fingerprint density at radius 3 is 2.24 bits per heavy atom. The highest BCUT2D eigenvalue weighted by Crippen LogP contribution is 2.26. The van der Waals surface area contributed by atoms with Gasteiger partial charge in [-0.3, -0.25) is 9.59 Å². The van der Waals surface area contributed by atoms with Crippen LogP contribution in [0, 0.1) is 0 Å². The molecular formula is C22H20O3. The van der Waals surface area contributed by atoms with E-state index >= 15 is 0 Å².